The van der Waals surface area contributed by atoms with Crippen molar-refractivity contribution in [1.82, 2.24) is 9.88 Å². The van der Waals surface area contributed by atoms with Crippen molar-refractivity contribution in [2.24, 2.45) is 5.73 Å². The minimum absolute atomic E-state index is 0.120. The van der Waals surface area contributed by atoms with Crippen molar-refractivity contribution in [3.8, 4) is 0 Å². The summed E-state index contributed by atoms with van der Waals surface area (Å²) in [5.74, 6) is 1.01. The summed E-state index contributed by atoms with van der Waals surface area (Å²) in [5.41, 5.74) is 8.60. The minimum atomic E-state index is 0.120. The molecule has 0 aromatic carbocycles. The number of nitrogens with one attached hydrogen (secondary N) is 1. The Labute approximate surface area is 120 Å². The van der Waals surface area contributed by atoms with Crippen LogP contribution in [0.5, 0.6) is 0 Å². The second kappa shape index (κ2) is 5.05. The van der Waals surface area contributed by atoms with Crippen LogP contribution in [0.4, 0.5) is 5.82 Å². The number of hydrogen-bond acceptors (Lipinski definition) is 4. The maximum Gasteiger partial charge on any atom is 0.140 e. The van der Waals surface area contributed by atoms with E-state index in [0.29, 0.717) is 0 Å². The van der Waals surface area contributed by atoms with Gasteiger partial charge in [-0.25, -0.2) is 4.98 Å². The molecular weight excluding hydrogens is 250 g/mol. The lowest BCUT2D eigenvalue weighted by atomic mass is 10.1. The van der Waals surface area contributed by atoms with E-state index in [2.05, 4.69) is 14.8 Å². The number of nitrogen functional groups attached to an aromatic ring is 1. The van der Waals surface area contributed by atoms with E-state index < -0.39 is 0 Å². The molecule has 0 spiro atoms. The monoisotopic (exact) mass is 273 g/mol. The lowest BCUT2D eigenvalue weighted by Gasteiger charge is -2.36. The largest absolute Gasteiger partial charge is 0.384 e. The van der Waals surface area contributed by atoms with Crippen LogP contribution in [0.25, 0.3) is 0 Å². The van der Waals surface area contributed by atoms with Gasteiger partial charge in [-0.05, 0) is 38.3 Å². The molecule has 5 heteroatoms. The molecule has 2 heterocycles. The van der Waals surface area contributed by atoms with Gasteiger partial charge in [0.25, 0.3) is 0 Å². The quantitative estimate of drug-likeness (QED) is 0.643. The number of amidine groups is 1. The molecule has 1 saturated carbocycles. The van der Waals surface area contributed by atoms with E-state index in [0.717, 1.165) is 54.9 Å². The Balaban J connectivity index is 1.84. The molecule has 0 bridgehead atoms. The van der Waals surface area contributed by atoms with Crippen LogP contribution < -0.4 is 10.6 Å². The van der Waals surface area contributed by atoms with Gasteiger partial charge in [0.15, 0.2) is 0 Å². The van der Waals surface area contributed by atoms with Gasteiger partial charge in [0, 0.05) is 37.9 Å². The van der Waals surface area contributed by atoms with Gasteiger partial charge in [-0.15, -0.1) is 0 Å². The first-order valence-corrected chi connectivity index (χ1v) is 7.38. The Bertz CT molecular complexity index is 527. The Morgan fingerprint density at radius 3 is 2.45 bits per heavy atom. The number of hydrogen-bond donors (Lipinski definition) is 2. The average Bonchev–Trinajstić information content (AvgIpc) is 3.21. The lowest BCUT2D eigenvalue weighted by Crippen LogP contribution is -2.48. The second-order valence-corrected chi connectivity index (χ2v) is 5.95. The number of aromatic nitrogens is 1. The number of nitrogens with zero attached hydrogens (tertiary/aromatic N) is 3. The molecule has 0 unspecified atom stereocenters. The zero-order chi connectivity index (χ0) is 14.3. The number of nitrogens with two attached hydrogens (primary N) is 1. The van der Waals surface area contributed by atoms with Gasteiger partial charge in [0.05, 0.1) is 5.56 Å². The van der Waals surface area contributed by atoms with Gasteiger partial charge in [0.2, 0.25) is 0 Å². The molecule has 1 aliphatic carbocycles. The van der Waals surface area contributed by atoms with E-state index in [1.807, 2.05) is 19.9 Å². The van der Waals surface area contributed by atoms with Crippen LogP contribution >= 0.6 is 0 Å². The van der Waals surface area contributed by atoms with Crippen LogP contribution in [-0.2, 0) is 0 Å². The fourth-order valence-electron chi connectivity index (χ4n) is 3.12. The van der Waals surface area contributed by atoms with E-state index >= 15 is 0 Å². The molecule has 2 aliphatic rings. The first-order valence-electron chi connectivity index (χ1n) is 7.38. The molecule has 0 radical (unpaired) electrons. The van der Waals surface area contributed by atoms with Crippen molar-refractivity contribution in [1.29, 1.82) is 5.41 Å². The van der Waals surface area contributed by atoms with Crippen molar-refractivity contribution in [2.45, 2.75) is 32.7 Å². The first kappa shape index (κ1) is 13.4. The molecule has 3 N–H and O–H groups in total. The van der Waals surface area contributed by atoms with Crippen molar-refractivity contribution < 1.29 is 0 Å². The summed E-state index contributed by atoms with van der Waals surface area (Å²) in [5, 5.41) is 7.82. The van der Waals surface area contributed by atoms with Crippen LogP contribution in [0, 0.1) is 19.3 Å². The summed E-state index contributed by atoms with van der Waals surface area (Å²) in [4.78, 5) is 9.51. The van der Waals surface area contributed by atoms with Crippen LogP contribution in [0.1, 0.15) is 29.7 Å². The third-order valence-corrected chi connectivity index (χ3v) is 4.27. The molecule has 2 fully saturated rings. The molecule has 20 heavy (non-hydrogen) atoms. The molecule has 1 aromatic heterocycles. The highest BCUT2D eigenvalue weighted by Crippen LogP contribution is 2.29. The zero-order valence-corrected chi connectivity index (χ0v) is 12.3. The normalized spacial score (nSPS) is 20.2. The highest BCUT2D eigenvalue weighted by molar-refractivity contribution is 6.01. The number of piperazine rings is 1. The SMILES string of the molecule is Cc1cc(C)c(C(=N)N)c(N2CCN(C3CC3)CC2)n1. The molecule has 108 valence electrons. The minimum Gasteiger partial charge on any atom is -0.384 e. The fourth-order valence-corrected chi connectivity index (χ4v) is 3.12. The summed E-state index contributed by atoms with van der Waals surface area (Å²) < 4.78 is 0. The van der Waals surface area contributed by atoms with E-state index in [1.165, 1.54) is 12.8 Å². The average molecular weight is 273 g/mol. The highest BCUT2D eigenvalue weighted by atomic mass is 15.3. The molecule has 1 aliphatic heterocycles. The van der Waals surface area contributed by atoms with Crippen LogP contribution in [0.3, 0.4) is 0 Å². The fraction of sp³-hybridized carbons (Fsp3) is 0.600. The predicted molar refractivity (Wildman–Crippen MR) is 81.5 cm³/mol. The van der Waals surface area contributed by atoms with Crippen molar-refractivity contribution in [2.75, 3.05) is 31.1 Å². The van der Waals surface area contributed by atoms with Crippen molar-refractivity contribution in [3.05, 3.63) is 22.9 Å². The molecule has 0 amide bonds. The lowest BCUT2D eigenvalue weighted by molar-refractivity contribution is 0.247. The van der Waals surface area contributed by atoms with E-state index in [4.69, 9.17) is 11.1 Å². The van der Waals surface area contributed by atoms with Gasteiger partial charge < -0.3 is 10.6 Å². The van der Waals surface area contributed by atoms with Crippen molar-refractivity contribution >= 4 is 11.7 Å². The zero-order valence-electron chi connectivity index (χ0n) is 12.3. The maximum absolute atomic E-state index is 7.82. The molecular formula is C15H23N5. The van der Waals surface area contributed by atoms with E-state index in [9.17, 15) is 0 Å². The molecule has 1 saturated heterocycles. The maximum atomic E-state index is 7.82. The van der Waals surface area contributed by atoms with Crippen molar-refractivity contribution in [3.63, 3.8) is 0 Å². The molecule has 3 rings (SSSR count). The smallest absolute Gasteiger partial charge is 0.140 e. The predicted octanol–water partition coefficient (Wildman–Crippen LogP) is 1.27. The van der Waals surface area contributed by atoms with Gasteiger partial charge in [-0.3, -0.25) is 10.3 Å². The topological polar surface area (TPSA) is 69.2 Å². The standard InChI is InChI=1S/C15H23N5/c1-10-9-11(2)18-15(13(10)14(16)17)20-7-5-19(6-8-20)12-3-4-12/h9,12H,3-8H2,1-2H3,(H3,16,17). The third kappa shape index (κ3) is 2.50. The van der Waals surface area contributed by atoms with Crippen LogP contribution in [-0.4, -0.2) is 47.9 Å². The number of anilines is 1. The first-order chi connectivity index (χ1) is 9.56. The van der Waals surface area contributed by atoms with Gasteiger partial charge in [-0.2, -0.15) is 0 Å². The van der Waals surface area contributed by atoms with Gasteiger partial charge in [0.1, 0.15) is 11.7 Å². The Hall–Kier alpha value is -1.62. The molecule has 1 aromatic rings. The summed E-state index contributed by atoms with van der Waals surface area (Å²) >= 11 is 0. The number of pyridine rings is 1. The summed E-state index contributed by atoms with van der Waals surface area (Å²) in [7, 11) is 0. The number of rotatable bonds is 3. The summed E-state index contributed by atoms with van der Waals surface area (Å²) in [6, 6.07) is 2.83. The highest BCUT2D eigenvalue weighted by Gasteiger charge is 2.32. The van der Waals surface area contributed by atoms with Gasteiger partial charge in [-0.1, -0.05) is 0 Å². The van der Waals surface area contributed by atoms with Crippen LogP contribution in [0.2, 0.25) is 0 Å². The van der Waals surface area contributed by atoms with E-state index in [-0.39, 0.29) is 5.84 Å². The molecule has 5 nitrogen and oxygen atoms in total. The Morgan fingerprint density at radius 2 is 1.90 bits per heavy atom. The third-order valence-electron chi connectivity index (χ3n) is 4.27. The Morgan fingerprint density at radius 1 is 1.25 bits per heavy atom. The summed E-state index contributed by atoms with van der Waals surface area (Å²) in [6.45, 7) is 8.16. The summed E-state index contributed by atoms with van der Waals surface area (Å²) in [6.07, 6.45) is 2.72. The second-order valence-electron chi connectivity index (χ2n) is 5.95. The van der Waals surface area contributed by atoms with Gasteiger partial charge >= 0.3 is 0 Å². The Kier molecular flexibility index (Phi) is 3.38. The van der Waals surface area contributed by atoms with Crippen LogP contribution in [0.15, 0.2) is 6.07 Å². The number of aryl methyl sites for hydroxylation is 2. The van der Waals surface area contributed by atoms with E-state index in [1.54, 1.807) is 0 Å². The molecule has 0 atom stereocenters.